The van der Waals surface area contributed by atoms with Crippen LogP contribution in [-0.2, 0) is 22.4 Å². The first-order valence-electron chi connectivity index (χ1n) is 9.29. The van der Waals surface area contributed by atoms with Crippen LogP contribution in [0.15, 0.2) is 4.52 Å². The van der Waals surface area contributed by atoms with Crippen molar-refractivity contribution >= 4 is 11.8 Å². The average Bonchev–Trinajstić information content (AvgIpc) is 3.39. The molecule has 2 saturated heterocycles. The third-order valence-electron chi connectivity index (χ3n) is 5.71. The summed E-state index contributed by atoms with van der Waals surface area (Å²) in [5, 5.41) is 4.09. The Bertz CT molecular complexity index is 665. The Morgan fingerprint density at radius 2 is 1.92 bits per heavy atom. The van der Waals surface area contributed by atoms with Crippen LogP contribution in [-0.4, -0.2) is 65.7 Å². The largest absolute Gasteiger partial charge is 0.380 e. The molecule has 1 aliphatic carbocycles. The predicted octanol–water partition coefficient (Wildman–Crippen LogP) is 1.41. The normalized spacial score (nSPS) is 26.1. The van der Waals surface area contributed by atoms with Gasteiger partial charge in [-0.25, -0.2) is 0 Å². The molecule has 0 radical (unpaired) electrons. The summed E-state index contributed by atoms with van der Waals surface area (Å²) >= 11 is 0. The molecule has 7 heteroatoms. The number of fused-ring (bicyclic) bond motifs is 1. The minimum atomic E-state index is -0.458. The van der Waals surface area contributed by atoms with Gasteiger partial charge in [-0.1, -0.05) is 5.16 Å². The first-order valence-corrected chi connectivity index (χ1v) is 9.29. The molecule has 2 fully saturated rings. The van der Waals surface area contributed by atoms with Crippen molar-refractivity contribution in [3.8, 4) is 0 Å². The van der Waals surface area contributed by atoms with E-state index in [1.807, 2.05) is 4.90 Å². The first kappa shape index (κ1) is 16.6. The van der Waals surface area contributed by atoms with Crippen LogP contribution in [0.2, 0.25) is 0 Å². The molecule has 3 aliphatic rings. The van der Waals surface area contributed by atoms with E-state index < -0.39 is 6.04 Å². The molecule has 2 aliphatic heterocycles. The first-order chi connectivity index (χ1) is 12.2. The number of carbonyl (C=O) groups excluding carboxylic acids is 2. The van der Waals surface area contributed by atoms with Crippen molar-refractivity contribution < 1.29 is 18.8 Å². The Labute approximate surface area is 147 Å². The molecule has 0 saturated carbocycles. The number of carbonyl (C=O) groups is 2. The van der Waals surface area contributed by atoms with E-state index in [-0.39, 0.29) is 17.9 Å². The van der Waals surface area contributed by atoms with Crippen LogP contribution in [0.5, 0.6) is 0 Å². The van der Waals surface area contributed by atoms with Crippen LogP contribution in [0.1, 0.15) is 53.9 Å². The third kappa shape index (κ3) is 2.94. The summed E-state index contributed by atoms with van der Waals surface area (Å²) < 4.78 is 10.9. The molecule has 1 aromatic heterocycles. The Kier molecular flexibility index (Phi) is 4.50. The van der Waals surface area contributed by atoms with E-state index in [0.717, 1.165) is 62.9 Å². The van der Waals surface area contributed by atoms with Gasteiger partial charge in [0.25, 0.3) is 5.91 Å². The quantitative estimate of drug-likeness (QED) is 0.826. The molecular weight excluding hydrogens is 322 g/mol. The van der Waals surface area contributed by atoms with Gasteiger partial charge in [0, 0.05) is 38.7 Å². The molecule has 2 atom stereocenters. The van der Waals surface area contributed by atoms with Gasteiger partial charge in [-0.2, -0.15) is 0 Å². The summed E-state index contributed by atoms with van der Waals surface area (Å²) in [5.74, 6) is 0.150. The molecule has 0 N–H and O–H groups in total. The lowest BCUT2D eigenvalue weighted by molar-refractivity contribution is -0.134. The van der Waals surface area contributed by atoms with E-state index in [1.165, 1.54) is 0 Å². The maximum absolute atomic E-state index is 13.1. The van der Waals surface area contributed by atoms with E-state index in [4.69, 9.17) is 9.26 Å². The highest BCUT2D eigenvalue weighted by molar-refractivity contribution is 5.97. The lowest BCUT2D eigenvalue weighted by Crippen LogP contribution is -2.47. The van der Waals surface area contributed by atoms with Crippen molar-refractivity contribution in [3.05, 3.63) is 17.0 Å². The Balaban J connectivity index is 1.58. The van der Waals surface area contributed by atoms with Gasteiger partial charge in [0.05, 0.1) is 11.8 Å². The van der Waals surface area contributed by atoms with Crippen molar-refractivity contribution in [1.82, 2.24) is 15.0 Å². The van der Waals surface area contributed by atoms with Gasteiger partial charge in [0.1, 0.15) is 6.04 Å². The topological polar surface area (TPSA) is 75.9 Å². The maximum atomic E-state index is 13.1. The molecule has 7 nitrogen and oxygen atoms in total. The highest BCUT2D eigenvalue weighted by Crippen LogP contribution is 2.29. The number of nitrogens with zero attached hydrogens (tertiary/aromatic N) is 3. The van der Waals surface area contributed by atoms with E-state index in [1.54, 1.807) is 12.0 Å². The van der Waals surface area contributed by atoms with Crippen LogP contribution < -0.4 is 0 Å². The SMILES string of the molecule is CO[C@H]1C[C@@H](C(=O)N2CCCC2)N(C(=O)c2onc3c2CCCC3)C1. The molecule has 0 spiro atoms. The second kappa shape index (κ2) is 6.78. The second-order valence-electron chi connectivity index (χ2n) is 7.24. The van der Waals surface area contributed by atoms with E-state index in [2.05, 4.69) is 5.16 Å². The van der Waals surface area contributed by atoms with Crippen LogP contribution >= 0.6 is 0 Å². The number of ether oxygens (including phenoxy) is 1. The van der Waals surface area contributed by atoms with Gasteiger partial charge in [-0.05, 0) is 38.5 Å². The number of amides is 2. The van der Waals surface area contributed by atoms with Gasteiger partial charge in [0.15, 0.2) is 0 Å². The van der Waals surface area contributed by atoms with Crippen LogP contribution in [0, 0.1) is 0 Å². The molecule has 4 rings (SSSR count). The van der Waals surface area contributed by atoms with Crippen LogP contribution in [0.4, 0.5) is 0 Å². The fraction of sp³-hybridized carbons (Fsp3) is 0.722. The molecule has 0 unspecified atom stereocenters. The van der Waals surface area contributed by atoms with Gasteiger partial charge >= 0.3 is 0 Å². The van der Waals surface area contributed by atoms with Gasteiger partial charge < -0.3 is 19.1 Å². The van der Waals surface area contributed by atoms with Gasteiger partial charge in [0.2, 0.25) is 11.7 Å². The molecule has 3 heterocycles. The fourth-order valence-electron chi connectivity index (χ4n) is 4.26. The van der Waals surface area contributed by atoms with Gasteiger partial charge in [-0.15, -0.1) is 0 Å². The molecule has 1 aromatic rings. The molecule has 136 valence electrons. The number of aryl methyl sites for hydroxylation is 1. The number of rotatable bonds is 3. The van der Waals surface area contributed by atoms with E-state index in [9.17, 15) is 9.59 Å². The fourth-order valence-corrected chi connectivity index (χ4v) is 4.26. The smallest absolute Gasteiger partial charge is 0.293 e. The standard InChI is InChI=1S/C18H25N3O4/c1-24-12-10-15(17(22)20-8-4-5-9-20)21(11-12)18(23)16-13-6-2-3-7-14(13)19-25-16/h12,15H,2-11H2,1H3/t12-,15-/m0/s1. The van der Waals surface area contributed by atoms with Crippen molar-refractivity contribution in [2.45, 2.75) is 57.1 Å². The average molecular weight is 347 g/mol. The van der Waals surface area contributed by atoms with Gasteiger partial charge in [-0.3, -0.25) is 9.59 Å². The minimum absolute atomic E-state index is 0.0405. The Morgan fingerprint density at radius 3 is 2.68 bits per heavy atom. The predicted molar refractivity (Wildman–Crippen MR) is 89.2 cm³/mol. The summed E-state index contributed by atoms with van der Waals surface area (Å²) in [4.78, 5) is 29.6. The van der Waals surface area contributed by atoms with Crippen molar-refractivity contribution in [2.24, 2.45) is 0 Å². The van der Waals surface area contributed by atoms with Crippen molar-refractivity contribution in [2.75, 3.05) is 26.7 Å². The number of likely N-dealkylation sites (tertiary alicyclic amines) is 2. The van der Waals surface area contributed by atoms with Crippen LogP contribution in [0.3, 0.4) is 0 Å². The molecule has 0 bridgehead atoms. The lowest BCUT2D eigenvalue weighted by Gasteiger charge is -2.27. The molecule has 25 heavy (non-hydrogen) atoms. The Hall–Kier alpha value is -1.89. The van der Waals surface area contributed by atoms with Crippen molar-refractivity contribution in [3.63, 3.8) is 0 Å². The molecule has 2 amide bonds. The second-order valence-corrected chi connectivity index (χ2v) is 7.24. The van der Waals surface area contributed by atoms with Crippen LogP contribution in [0.25, 0.3) is 0 Å². The maximum Gasteiger partial charge on any atom is 0.293 e. The minimum Gasteiger partial charge on any atom is -0.380 e. The number of hydrogen-bond donors (Lipinski definition) is 0. The number of aromatic nitrogens is 1. The van der Waals surface area contributed by atoms with E-state index >= 15 is 0 Å². The highest BCUT2D eigenvalue weighted by Gasteiger charge is 2.44. The van der Waals surface area contributed by atoms with Crippen molar-refractivity contribution in [1.29, 1.82) is 0 Å². The summed E-state index contributed by atoms with van der Waals surface area (Å²) in [6.07, 6.45) is 6.33. The summed E-state index contributed by atoms with van der Waals surface area (Å²) in [5.41, 5.74) is 1.84. The summed E-state index contributed by atoms with van der Waals surface area (Å²) in [6.45, 7) is 1.99. The number of methoxy groups -OCH3 is 1. The zero-order valence-corrected chi connectivity index (χ0v) is 14.7. The number of hydrogen-bond acceptors (Lipinski definition) is 5. The summed E-state index contributed by atoms with van der Waals surface area (Å²) in [6, 6.07) is -0.458. The zero-order chi connectivity index (χ0) is 17.4. The third-order valence-corrected chi connectivity index (χ3v) is 5.71. The molecular formula is C18H25N3O4. The molecule has 0 aromatic carbocycles. The van der Waals surface area contributed by atoms with E-state index in [0.29, 0.717) is 18.7 Å². The summed E-state index contributed by atoms with van der Waals surface area (Å²) in [7, 11) is 1.63. The lowest BCUT2D eigenvalue weighted by atomic mass is 9.96. The zero-order valence-electron chi connectivity index (χ0n) is 14.7. The monoisotopic (exact) mass is 347 g/mol. The highest BCUT2D eigenvalue weighted by atomic mass is 16.5. The Morgan fingerprint density at radius 1 is 1.16 bits per heavy atom.